The highest BCUT2D eigenvalue weighted by Gasteiger charge is 2.44. The fourth-order valence-corrected chi connectivity index (χ4v) is 5.58. The summed E-state index contributed by atoms with van der Waals surface area (Å²) < 4.78 is 11.6. The van der Waals surface area contributed by atoms with Crippen molar-refractivity contribution in [1.29, 1.82) is 0 Å². The number of ether oxygens (including phenoxy) is 2. The molecule has 38 heavy (non-hydrogen) atoms. The Hall–Kier alpha value is -3.02. The average Bonchev–Trinajstić information content (AvgIpc) is 3.39. The van der Waals surface area contributed by atoms with E-state index in [1.807, 2.05) is 79.8 Å². The molecule has 3 rings (SSSR count). The quantitative estimate of drug-likeness (QED) is 0.224. The van der Waals surface area contributed by atoms with Crippen LogP contribution in [0.25, 0.3) is 0 Å². The maximum Gasteiger partial charge on any atom is 0.232 e. The normalized spacial score (nSPS) is 18.3. The lowest BCUT2D eigenvalue weighted by Crippen LogP contribution is -2.48. The van der Waals surface area contributed by atoms with Crippen molar-refractivity contribution in [3.05, 3.63) is 95.6 Å². The minimum absolute atomic E-state index is 0.0137. The van der Waals surface area contributed by atoms with Gasteiger partial charge in [0.05, 0.1) is 12.5 Å². The first-order valence-electron chi connectivity index (χ1n) is 13.2. The van der Waals surface area contributed by atoms with Gasteiger partial charge in [0, 0.05) is 18.6 Å². The van der Waals surface area contributed by atoms with Gasteiger partial charge in [0.15, 0.2) is 0 Å². The molecule has 0 aliphatic carbocycles. The van der Waals surface area contributed by atoms with Gasteiger partial charge >= 0.3 is 0 Å². The Morgan fingerprint density at radius 2 is 1.87 bits per heavy atom. The number of amides is 1. The van der Waals surface area contributed by atoms with Gasteiger partial charge in [-0.25, -0.2) is 0 Å². The van der Waals surface area contributed by atoms with Gasteiger partial charge < -0.3 is 15.2 Å². The summed E-state index contributed by atoms with van der Waals surface area (Å²) in [5.41, 5.74) is 6.98. The van der Waals surface area contributed by atoms with Crippen LogP contribution in [0.5, 0.6) is 11.5 Å². The van der Waals surface area contributed by atoms with Gasteiger partial charge in [-0.2, -0.15) is 0 Å². The number of allylic oxidation sites excluding steroid dienone is 4. The molecule has 1 aliphatic rings. The summed E-state index contributed by atoms with van der Waals surface area (Å²) in [6, 6.07) is 15.5. The molecule has 1 unspecified atom stereocenters. The van der Waals surface area contributed by atoms with Crippen LogP contribution in [0.3, 0.4) is 0 Å². The summed E-state index contributed by atoms with van der Waals surface area (Å²) in [4.78, 5) is 15.8. The first kappa shape index (κ1) is 29.5. The number of benzene rings is 2. The lowest BCUT2D eigenvalue weighted by atomic mass is 9.67. The van der Waals surface area contributed by atoms with Gasteiger partial charge in [-0.15, -0.1) is 6.58 Å². The monoisotopic (exact) mass is 536 g/mol. The van der Waals surface area contributed by atoms with Crippen LogP contribution < -0.4 is 15.2 Å². The number of likely N-dealkylation sites (tertiary alicyclic amines) is 1. The van der Waals surface area contributed by atoms with E-state index in [-0.39, 0.29) is 17.6 Å². The summed E-state index contributed by atoms with van der Waals surface area (Å²) in [5.74, 6) is 0.896. The molecule has 0 radical (unpaired) electrons. The van der Waals surface area contributed by atoms with E-state index in [2.05, 4.69) is 25.3 Å². The van der Waals surface area contributed by atoms with Gasteiger partial charge in [-0.1, -0.05) is 72.3 Å². The van der Waals surface area contributed by atoms with Crippen LogP contribution in [0.15, 0.2) is 85.0 Å². The molecule has 6 heteroatoms. The smallest absolute Gasteiger partial charge is 0.232 e. The Kier molecular flexibility index (Phi) is 10.2. The first-order chi connectivity index (χ1) is 18.2. The molecule has 2 N–H and O–H groups in total. The van der Waals surface area contributed by atoms with Crippen molar-refractivity contribution in [2.24, 2.45) is 5.73 Å². The maximum absolute atomic E-state index is 13.3. The minimum atomic E-state index is -0.935. The Bertz CT molecular complexity index is 1160. The number of nitrogens with two attached hydrogens (primary N) is 1. The fraction of sp³-hybridized carbons (Fsp3) is 0.406. The molecule has 2 aromatic rings. The Balaban J connectivity index is 1.84. The fourth-order valence-electron chi connectivity index (χ4n) is 5.33. The van der Waals surface area contributed by atoms with Gasteiger partial charge in [-0.05, 0) is 69.7 Å². The number of carbonyl (C=O) groups excluding carboxylic acids is 1. The van der Waals surface area contributed by atoms with Crippen LogP contribution in [0.1, 0.15) is 52.0 Å². The van der Waals surface area contributed by atoms with Crippen LogP contribution in [0.2, 0.25) is 5.02 Å². The third-order valence-corrected chi connectivity index (χ3v) is 8.02. The predicted molar refractivity (Wildman–Crippen MR) is 157 cm³/mol. The molecule has 0 saturated carbocycles. The molecule has 0 spiro atoms. The zero-order valence-electron chi connectivity index (χ0n) is 23.1. The second-order valence-corrected chi connectivity index (χ2v) is 10.8. The largest absolute Gasteiger partial charge is 0.495 e. The predicted octanol–water partition coefficient (Wildman–Crippen LogP) is 6.86. The molecule has 5 nitrogen and oxygen atoms in total. The standard InChI is InChI=1S/C32H41ClN2O3/c1-6-8-14-24(13-7-2)32(30(34)36,25-15-10-9-11-16-25)21-20-31(3,4)35-22-19-26(23-35)38-28-18-12-17-27(37-5)29(28)33/h6-12,14-18,26H,2,13,19-23H2,1,3-5H3,(H2,34,36)/b8-6-,24-14+/t26-,32?/m0/s1. The molecule has 0 bridgehead atoms. The topological polar surface area (TPSA) is 64.8 Å². The third-order valence-electron chi connectivity index (χ3n) is 7.64. The van der Waals surface area contributed by atoms with Crippen molar-refractivity contribution < 1.29 is 14.3 Å². The average molecular weight is 537 g/mol. The van der Waals surface area contributed by atoms with E-state index >= 15 is 0 Å². The molecule has 1 amide bonds. The van der Waals surface area contributed by atoms with Crippen LogP contribution in [0.4, 0.5) is 0 Å². The number of primary amides is 1. The van der Waals surface area contributed by atoms with Gasteiger partial charge in [0.25, 0.3) is 0 Å². The van der Waals surface area contributed by atoms with E-state index in [1.54, 1.807) is 7.11 Å². The van der Waals surface area contributed by atoms with E-state index < -0.39 is 5.41 Å². The highest BCUT2D eigenvalue weighted by molar-refractivity contribution is 6.33. The second-order valence-electron chi connectivity index (χ2n) is 10.4. The van der Waals surface area contributed by atoms with Crippen molar-refractivity contribution in [1.82, 2.24) is 4.90 Å². The van der Waals surface area contributed by atoms with E-state index in [9.17, 15) is 4.79 Å². The van der Waals surface area contributed by atoms with Gasteiger partial charge in [-0.3, -0.25) is 9.69 Å². The van der Waals surface area contributed by atoms with Crippen LogP contribution in [0, 0.1) is 0 Å². The Morgan fingerprint density at radius 1 is 1.16 bits per heavy atom. The van der Waals surface area contributed by atoms with Crippen molar-refractivity contribution in [3.63, 3.8) is 0 Å². The molecule has 204 valence electrons. The third kappa shape index (κ3) is 6.51. The van der Waals surface area contributed by atoms with E-state index in [0.29, 0.717) is 29.4 Å². The molecule has 1 heterocycles. The number of nitrogens with zero attached hydrogens (tertiary/aromatic N) is 1. The SMILES string of the molecule is C=CC/C(=C\C=C/C)C(CCC(C)(C)N1CC[C@H](Oc2cccc(OC)c2Cl)C1)(C(N)=O)c1ccccc1. The van der Waals surface area contributed by atoms with E-state index in [0.717, 1.165) is 37.1 Å². The number of carbonyl (C=O) groups is 1. The van der Waals surface area contributed by atoms with Gasteiger partial charge in [0.1, 0.15) is 22.6 Å². The molecular formula is C32H41ClN2O3. The lowest BCUT2D eigenvalue weighted by molar-refractivity contribution is -0.122. The van der Waals surface area contributed by atoms with E-state index in [1.165, 1.54) is 0 Å². The molecule has 1 saturated heterocycles. The Morgan fingerprint density at radius 3 is 2.50 bits per heavy atom. The zero-order valence-corrected chi connectivity index (χ0v) is 23.8. The number of hydrogen-bond donors (Lipinski definition) is 1. The highest BCUT2D eigenvalue weighted by atomic mass is 35.5. The summed E-state index contributed by atoms with van der Waals surface area (Å²) in [6.07, 6.45) is 10.6. The Labute approximate surface area is 233 Å². The summed E-state index contributed by atoms with van der Waals surface area (Å²) in [5, 5.41) is 0.490. The molecule has 0 aromatic heterocycles. The maximum atomic E-state index is 13.3. The summed E-state index contributed by atoms with van der Waals surface area (Å²) in [6.45, 7) is 12.0. The summed E-state index contributed by atoms with van der Waals surface area (Å²) in [7, 11) is 1.60. The van der Waals surface area contributed by atoms with Crippen molar-refractivity contribution in [3.8, 4) is 11.5 Å². The van der Waals surface area contributed by atoms with Crippen LogP contribution >= 0.6 is 11.6 Å². The number of halogens is 1. The first-order valence-corrected chi connectivity index (χ1v) is 13.6. The molecule has 1 aliphatic heterocycles. The van der Waals surface area contributed by atoms with Crippen molar-refractivity contribution in [2.75, 3.05) is 20.2 Å². The molecular weight excluding hydrogens is 496 g/mol. The molecule has 2 aromatic carbocycles. The van der Waals surface area contributed by atoms with Crippen molar-refractivity contribution >= 4 is 17.5 Å². The lowest BCUT2D eigenvalue weighted by Gasteiger charge is -2.40. The summed E-state index contributed by atoms with van der Waals surface area (Å²) >= 11 is 6.47. The molecule has 2 atom stereocenters. The zero-order chi connectivity index (χ0) is 27.8. The highest BCUT2D eigenvalue weighted by Crippen LogP contribution is 2.42. The van der Waals surface area contributed by atoms with Crippen LogP contribution in [-0.4, -0.2) is 42.6 Å². The number of hydrogen-bond acceptors (Lipinski definition) is 4. The number of rotatable bonds is 13. The van der Waals surface area contributed by atoms with Gasteiger partial charge in [0.2, 0.25) is 5.91 Å². The molecule has 1 fully saturated rings. The van der Waals surface area contributed by atoms with E-state index in [4.69, 9.17) is 26.8 Å². The van der Waals surface area contributed by atoms with Crippen molar-refractivity contribution in [2.45, 2.75) is 63.5 Å². The minimum Gasteiger partial charge on any atom is -0.495 e. The second kappa shape index (κ2) is 13.2. The van der Waals surface area contributed by atoms with Crippen LogP contribution in [-0.2, 0) is 10.2 Å². The number of methoxy groups -OCH3 is 1.